The Bertz CT molecular complexity index is 292. The van der Waals surface area contributed by atoms with Crippen molar-refractivity contribution in [3.05, 3.63) is 35.4 Å². The van der Waals surface area contributed by atoms with E-state index < -0.39 is 12.1 Å². The summed E-state index contributed by atoms with van der Waals surface area (Å²) >= 11 is 0. The Labute approximate surface area is 70.3 Å². The van der Waals surface area contributed by atoms with Gasteiger partial charge in [-0.3, -0.25) is 4.79 Å². The number of ketones is 1. The quantitative estimate of drug-likeness (QED) is 0.496. The van der Waals surface area contributed by atoms with Crippen LogP contribution in [0.1, 0.15) is 15.9 Å². The molecule has 1 aromatic rings. The van der Waals surface area contributed by atoms with Gasteiger partial charge >= 0.3 is 0 Å². The lowest BCUT2D eigenvalue weighted by atomic mass is 10.1. The number of aliphatic hydroxyl groups excluding tert-OH is 1. The average molecular weight is 166 g/mol. The summed E-state index contributed by atoms with van der Waals surface area (Å²) in [6, 6.07) is 6.78. The lowest BCUT2D eigenvalue weighted by Gasteiger charge is -2.04. The molecule has 0 atom stereocenters. The van der Waals surface area contributed by atoms with Crippen LogP contribution in [0, 0.1) is 6.92 Å². The highest BCUT2D eigenvalue weighted by Gasteiger charge is 2.14. The lowest BCUT2D eigenvalue weighted by Crippen LogP contribution is -2.20. The highest BCUT2D eigenvalue weighted by Crippen LogP contribution is 2.08. The van der Waals surface area contributed by atoms with E-state index in [1.807, 2.05) is 0 Å². The average Bonchev–Trinajstić information content (AvgIpc) is 2.04. The Morgan fingerprint density at radius 1 is 1.33 bits per heavy atom. The van der Waals surface area contributed by atoms with Crippen molar-refractivity contribution in [2.75, 3.05) is 0 Å². The lowest BCUT2D eigenvalue weighted by molar-refractivity contribution is -0.0195. The maximum Gasteiger partial charge on any atom is 0.218 e. The van der Waals surface area contributed by atoms with Crippen molar-refractivity contribution in [1.29, 1.82) is 0 Å². The maximum absolute atomic E-state index is 11.1. The summed E-state index contributed by atoms with van der Waals surface area (Å²) in [7, 11) is 0. The standard InChI is InChI=1S/C9H10O3/c1-6-4-2-3-5-7(6)8(10)9(11)12/h2-5,9,11-12H,1H3. The zero-order valence-electron chi connectivity index (χ0n) is 6.69. The van der Waals surface area contributed by atoms with Gasteiger partial charge in [0.1, 0.15) is 0 Å². The number of benzene rings is 1. The SMILES string of the molecule is Cc1ccccc1C(=O)C(O)O. The van der Waals surface area contributed by atoms with Crippen LogP contribution in [0.3, 0.4) is 0 Å². The Hall–Kier alpha value is -1.19. The Morgan fingerprint density at radius 2 is 1.92 bits per heavy atom. The summed E-state index contributed by atoms with van der Waals surface area (Å²) in [5, 5.41) is 17.2. The molecule has 0 aliphatic rings. The molecule has 3 heteroatoms. The number of hydrogen-bond acceptors (Lipinski definition) is 3. The van der Waals surface area contributed by atoms with Crippen LogP contribution < -0.4 is 0 Å². The zero-order chi connectivity index (χ0) is 9.14. The van der Waals surface area contributed by atoms with Gasteiger partial charge in [0.15, 0.2) is 0 Å². The Kier molecular flexibility index (Phi) is 2.58. The number of carbonyl (C=O) groups excluding carboxylic acids is 1. The number of aryl methyl sites for hydroxylation is 1. The molecule has 0 saturated carbocycles. The van der Waals surface area contributed by atoms with E-state index in [0.29, 0.717) is 5.56 Å². The normalized spacial score (nSPS) is 10.3. The molecule has 3 nitrogen and oxygen atoms in total. The third-order valence-electron chi connectivity index (χ3n) is 1.65. The van der Waals surface area contributed by atoms with E-state index >= 15 is 0 Å². The summed E-state index contributed by atoms with van der Waals surface area (Å²) in [6.07, 6.45) is -1.91. The molecule has 0 unspecified atom stereocenters. The fourth-order valence-corrected chi connectivity index (χ4v) is 0.988. The predicted octanol–water partition coefficient (Wildman–Crippen LogP) is 0.488. The molecule has 0 spiro atoms. The molecule has 0 aromatic heterocycles. The van der Waals surface area contributed by atoms with E-state index in [4.69, 9.17) is 10.2 Å². The van der Waals surface area contributed by atoms with E-state index in [-0.39, 0.29) is 0 Å². The van der Waals surface area contributed by atoms with Gasteiger partial charge in [0.25, 0.3) is 0 Å². The van der Waals surface area contributed by atoms with Crippen LogP contribution in [0.15, 0.2) is 24.3 Å². The van der Waals surface area contributed by atoms with Gasteiger partial charge in [0.05, 0.1) is 0 Å². The molecule has 1 aromatic carbocycles. The third-order valence-corrected chi connectivity index (χ3v) is 1.65. The first kappa shape index (κ1) is 8.90. The van der Waals surface area contributed by atoms with Crippen LogP contribution in [-0.4, -0.2) is 22.3 Å². The van der Waals surface area contributed by atoms with Crippen molar-refractivity contribution in [3.63, 3.8) is 0 Å². The largest absolute Gasteiger partial charge is 0.362 e. The summed E-state index contributed by atoms with van der Waals surface area (Å²) in [6.45, 7) is 1.75. The summed E-state index contributed by atoms with van der Waals surface area (Å²) < 4.78 is 0. The molecule has 2 N–H and O–H groups in total. The van der Waals surface area contributed by atoms with Crippen molar-refractivity contribution in [3.8, 4) is 0 Å². The minimum Gasteiger partial charge on any atom is -0.362 e. The fraction of sp³-hybridized carbons (Fsp3) is 0.222. The van der Waals surface area contributed by atoms with E-state index in [0.717, 1.165) is 5.56 Å². The molecule has 0 amide bonds. The summed E-state index contributed by atoms with van der Waals surface area (Å²) in [5.41, 5.74) is 1.10. The van der Waals surface area contributed by atoms with E-state index in [9.17, 15) is 4.79 Å². The van der Waals surface area contributed by atoms with Crippen LogP contribution in [0.25, 0.3) is 0 Å². The number of aliphatic hydroxyl groups is 2. The molecule has 0 saturated heterocycles. The molecule has 1 rings (SSSR count). The highest BCUT2D eigenvalue weighted by atomic mass is 16.5. The minimum absolute atomic E-state index is 0.354. The van der Waals surface area contributed by atoms with Crippen molar-refractivity contribution in [1.82, 2.24) is 0 Å². The van der Waals surface area contributed by atoms with Gasteiger partial charge in [-0.05, 0) is 12.5 Å². The first-order valence-corrected chi connectivity index (χ1v) is 3.59. The van der Waals surface area contributed by atoms with Crippen molar-refractivity contribution >= 4 is 5.78 Å². The van der Waals surface area contributed by atoms with Crippen molar-refractivity contribution in [2.24, 2.45) is 0 Å². The molecule has 12 heavy (non-hydrogen) atoms. The van der Waals surface area contributed by atoms with Crippen LogP contribution in [0.4, 0.5) is 0 Å². The molecule has 0 aliphatic carbocycles. The predicted molar refractivity (Wildman–Crippen MR) is 43.7 cm³/mol. The number of carbonyl (C=O) groups is 1. The second-order valence-corrected chi connectivity index (χ2v) is 2.55. The molecule has 0 fully saturated rings. The van der Waals surface area contributed by atoms with Gasteiger partial charge in [0.2, 0.25) is 12.1 Å². The van der Waals surface area contributed by atoms with Crippen LogP contribution in [0.5, 0.6) is 0 Å². The molecule has 0 radical (unpaired) electrons. The second-order valence-electron chi connectivity index (χ2n) is 2.55. The molecular weight excluding hydrogens is 156 g/mol. The first-order valence-electron chi connectivity index (χ1n) is 3.59. The molecule has 0 heterocycles. The maximum atomic E-state index is 11.1. The Balaban J connectivity index is 3.03. The fourth-order valence-electron chi connectivity index (χ4n) is 0.988. The zero-order valence-corrected chi connectivity index (χ0v) is 6.69. The summed E-state index contributed by atoms with van der Waals surface area (Å²) in [4.78, 5) is 11.1. The molecule has 0 aliphatic heterocycles. The van der Waals surface area contributed by atoms with Gasteiger partial charge in [-0.2, -0.15) is 0 Å². The van der Waals surface area contributed by atoms with Gasteiger partial charge < -0.3 is 10.2 Å². The topological polar surface area (TPSA) is 57.5 Å². The monoisotopic (exact) mass is 166 g/mol. The molecule has 0 bridgehead atoms. The van der Waals surface area contributed by atoms with Crippen molar-refractivity contribution in [2.45, 2.75) is 13.2 Å². The van der Waals surface area contributed by atoms with E-state index in [2.05, 4.69) is 0 Å². The smallest absolute Gasteiger partial charge is 0.218 e. The van der Waals surface area contributed by atoms with E-state index in [1.165, 1.54) is 0 Å². The molecule has 64 valence electrons. The van der Waals surface area contributed by atoms with Gasteiger partial charge in [-0.25, -0.2) is 0 Å². The van der Waals surface area contributed by atoms with Gasteiger partial charge in [-0.1, -0.05) is 24.3 Å². The number of Topliss-reactive ketones (excluding diaryl/α,β-unsaturated/α-hetero) is 1. The van der Waals surface area contributed by atoms with Gasteiger partial charge in [-0.15, -0.1) is 0 Å². The second kappa shape index (κ2) is 3.47. The van der Waals surface area contributed by atoms with Crippen LogP contribution in [0.2, 0.25) is 0 Å². The first-order chi connectivity index (χ1) is 5.63. The number of hydrogen-bond donors (Lipinski definition) is 2. The van der Waals surface area contributed by atoms with Crippen LogP contribution >= 0.6 is 0 Å². The van der Waals surface area contributed by atoms with Crippen molar-refractivity contribution < 1.29 is 15.0 Å². The molecular formula is C9H10O3. The van der Waals surface area contributed by atoms with Crippen LogP contribution in [-0.2, 0) is 0 Å². The third kappa shape index (κ3) is 1.69. The van der Waals surface area contributed by atoms with Gasteiger partial charge in [0, 0.05) is 5.56 Å². The van der Waals surface area contributed by atoms with E-state index in [1.54, 1.807) is 31.2 Å². The summed E-state index contributed by atoms with van der Waals surface area (Å²) in [5.74, 6) is -0.659. The Morgan fingerprint density at radius 3 is 2.42 bits per heavy atom. The minimum atomic E-state index is -1.91. The highest BCUT2D eigenvalue weighted by molar-refractivity contribution is 5.99. The number of rotatable bonds is 2.